The van der Waals surface area contributed by atoms with Gasteiger partial charge in [0.2, 0.25) is 5.91 Å². The van der Waals surface area contributed by atoms with Gasteiger partial charge in [-0.2, -0.15) is 0 Å². The molecule has 0 heterocycles. The Kier molecular flexibility index (Phi) is 3.50. The number of carboxylic acid groups (broad SMARTS) is 1. The van der Waals surface area contributed by atoms with E-state index < -0.39 is 34.6 Å². The minimum absolute atomic E-state index is 0.285. The highest BCUT2D eigenvalue weighted by molar-refractivity contribution is 5.87. The number of hydrogen-bond donors (Lipinski definition) is 1. The minimum atomic E-state index is -2.05. The number of nitrogens with zero attached hydrogens (tertiary/aromatic N) is 1. The van der Waals surface area contributed by atoms with E-state index in [0.29, 0.717) is 12.8 Å². The van der Waals surface area contributed by atoms with Gasteiger partial charge < -0.3 is 10.0 Å². The molecule has 0 aliphatic heterocycles. The Morgan fingerprint density at radius 3 is 2.15 bits per heavy atom. The Hall–Kier alpha value is -1.98. The lowest BCUT2D eigenvalue weighted by atomic mass is 9.88. The normalized spacial score (nSPS) is 17.4. The van der Waals surface area contributed by atoms with Crippen molar-refractivity contribution in [1.82, 2.24) is 4.90 Å². The third kappa shape index (κ3) is 2.15. The van der Waals surface area contributed by atoms with E-state index in [-0.39, 0.29) is 6.04 Å². The number of rotatable bonds is 4. The number of benzene rings is 1. The third-order valence-electron chi connectivity index (χ3n) is 3.60. The average Bonchev–Trinajstić information content (AvgIpc) is 3.12. The molecule has 1 amide bonds. The maximum absolute atomic E-state index is 14.0. The maximum atomic E-state index is 14.0. The molecular formula is C14H15F2NO3. The molecule has 0 radical (unpaired) electrons. The Balaban J connectivity index is 2.65. The lowest BCUT2D eigenvalue weighted by molar-refractivity contribution is -0.159. The predicted octanol–water partition coefficient (Wildman–Crippen LogP) is 2.28. The van der Waals surface area contributed by atoms with E-state index in [1.54, 1.807) is 0 Å². The van der Waals surface area contributed by atoms with Gasteiger partial charge in [-0.15, -0.1) is 0 Å². The molecule has 1 atom stereocenters. The zero-order chi connectivity index (χ0) is 15.1. The molecule has 1 saturated carbocycles. The van der Waals surface area contributed by atoms with Crippen LogP contribution in [0, 0.1) is 11.6 Å². The van der Waals surface area contributed by atoms with E-state index in [9.17, 15) is 23.5 Å². The zero-order valence-corrected chi connectivity index (χ0v) is 11.2. The molecule has 0 aromatic heterocycles. The van der Waals surface area contributed by atoms with Crippen LogP contribution in [0.4, 0.5) is 8.78 Å². The molecule has 1 aromatic carbocycles. The molecule has 0 bridgehead atoms. The number of carbonyl (C=O) groups excluding carboxylic acids is 1. The summed E-state index contributed by atoms with van der Waals surface area (Å²) in [6.07, 6.45) is 1.27. The largest absolute Gasteiger partial charge is 0.479 e. The monoisotopic (exact) mass is 283 g/mol. The highest BCUT2D eigenvalue weighted by Crippen LogP contribution is 2.40. The van der Waals surface area contributed by atoms with Crippen molar-refractivity contribution in [1.29, 1.82) is 0 Å². The lowest BCUT2D eigenvalue weighted by Gasteiger charge is -2.38. The lowest BCUT2D eigenvalue weighted by Crippen LogP contribution is -2.54. The van der Waals surface area contributed by atoms with Crippen molar-refractivity contribution >= 4 is 11.9 Å². The molecule has 1 aliphatic rings. The summed E-state index contributed by atoms with van der Waals surface area (Å²) in [5.41, 5.74) is -2.66. The fourth-order valence-electron chi connectivity index (χ4n) is 2.56. The van der Waals surface area contributed by atoms with Crippen molar-refractivity contribution in [3.63, 3.8) is 0 Å². The van der Waals surface area contributed by atoms with Crippen molar-refractivity contribution in [2.75, 3.05) is 0 Å². The van der Waals surface area contributed by atoms with Crippen LogP contribution in [0.5, 0.6) is 0 Å². The van der Waals surface area contributed by atoms with Gasteiger partial charge >= 0.3 is 5.97 Å². The fourth-order valence-corrected chi connectivity index (χ4v) is 2.56. The second kappa shape index (κ2) is 4.85. The second-order valence-electron chi connectivity index (χ2n) is 5.09. The highest BCUT2D eigenvalue weighted by Gasteiger charge is 2.51. The number of carbonyl (C=O) groups is 2. The first-order valence-corrected chi connectivity index (χ1v) is 6.28. The number of aliphatic carboxylic acids is 1. The summed E-state index contributed by atoms with van der Waals surface area (Å²) in [6.45, 7) is 2.37. The first kappa shape index (κ1) is 14.4. The Labute approximate surface area is 115 Å². The molecule has 20 heavy (non-hydrogen) atoms. The fraction of sp³-hybridized carbons (Fsp3) is 0.429. The number of amides is 1. The van der Waals surface area contributed by atoms with Crippen LogP contribution < -0.4 is 0 Å². The van der Waals surface area contributed by atoms with Crippen LogP contribution in [-0.2, 0) is 15.1 Å². The van der Waals surface area contributed by atoms with E-state index >= 15 is 0 Å². The van der Waals surface area contributed by atoms with Crippen molar-refractivity contribution in [3.8, 4) is 0 Å². The van der Waals surface area contributed by atoms with Crippen molar-refractivity contribution in [2.45, 2.75) is 38.3 Å². The minimum Gasteiger partial charge on any atom is -0.479 e. The molecule has 1 aromatic rings. The van der Waals surface area contributed by atoms with Crippen molar-refractivity contribution in [2.24, 2.45) is 0 Å². The van der Waals surface area contributed by atoms with E-state index in [1.165, 1.54) is 6.92 Å². The van der Waals surface area contributed by atoms with Gasteiger partial charge in [0.05, 0.1) is 5.56 Å². The topological polar surface area (TPSA) is 57.6 Å². The third-order valence-corrected chi connectivity index (χ3v) is 3.60. The summed E-state index contributed by atoms with van der Waals surface area (Å²) in [5.74, 6) is -3.91. The zero-order valence-electron chi connectivity index (χ0n) is 11.2. The van der Waals surface area contributed by atoms with Gasteiger partial charge in [-0.3, -0.25) is 4.79 Å². The molecule has 0 spiro atoms. The van der Waals surface area contributed by atoms with Crippen LogP contribution in [0.3, 0.4) is 0 Å². The van der Waals surface area contributed by atoms with E-state index in [1.807, 2.05) is 0 Å². The second-order valence-corrected chi connectivity index (χ2v) is 5.09. The summed E-state index contributed by atoms with van der Waals surface area (Å²) in [4.78, 5) is 24.5. The quantitative estimate of drug-likeness (QED) is 0.922. The van der Waals surface area contributed by atoms with Gasteiger partial charge in [-0.1, -0.05) is 6.07 Å². The number of carboxylic acids is 1. The molecule has 108 valence electrons. The molecule has 2 rings (SSSR count). The van der Waals surface area contributed by atoms with Crippen LogP contribution in [-0.4, -0.2) is 27.9 Å². The molecule has 1 fully saturated rings. The Morgan fingerprint density at radius 1 is 1.30 bits per heavy atom. The van der Waals surface area contributed by atoms with Gasteiger partial charge in [-0.25, -0.2) is 13.6 Å². The summed E-state index contributed by atoms with van der Waals surface area (Å²) in [5, 5.41) is 9.50. The predicted molar refractivity (Wildman–Crippen MR) is 66.9 cm³/mol. The molecular weight excluding hydrogens is 268 g/mol. The van der Waals surface area contributed by atoms with Gasteiger partial charge in [0, 0.05) is 13.0 Å². The molecule has 1 N–H and O–H groups in total. The van der Waals surface area contributed by atoms with Gasteiger partial charge in [0.15, 0.2) is 5.54 Å². The van der Waals surface area contributed by atoms with Gasteiger partial charge in [0.25, 0.3) is 0 Å². The first-order chi connectivity index (χ1) is 9.30. The summed E-state index contributed by atoms with van der Waals surface area (Å²) < 4.78 is 27.9. The van der Waals surface area contributed by atoms with Crippen LogP contribution in [0.2, 0.25) is 0 Å². The van der Waals surface area contributed by atoms with Gasteiger partial charge in [0.1, 0.15) is 11.6 Å². The average molecular weight is 283 g/mol. The number of halogens is 2. The van der Waals surface area contributed by atoms with Crippen LogP contribution in [0.25, 0.3) is 0 Å². The Bertz CT molecular complexity index is 551. The SMILES string of the molecule is CC(=O)N(C1CC1)C(C)(C(=O)O)c1c(F)cccc1F. The van der Waals surface area contributed by atoms with Crippen LogP contribution in [0.15, 0.2) is 18.2 Å². The molecule has 6 heteroatoms. The summed E-state index contributed by atoms with van der Waals surface area (Å²) >= 11 is 0. The van der Waals surface area contributed by atoms with E-state index in [4.69, 9.17) is 0 Å². The van der Waals surface area contributed by atoms with Crippen molar-refractivity contribution in [3.05, 3.63) is 35.4 Å². The van der Waals surface area contributed by atoms with E-state index in [0.717, 1.165) is 30.0 Å². The molecule has 4 nitrogen and oxygen atoms in total. The summed E-state index contributed by atoms with van der Waals surface area (Å²) in [7, 11) is 0. The molecule has 1 aliphatic carbocycles. The molecule has 1 unspecified atom stereocenters. The smallest absolute Gasteiger partial charge is 0.334 e. The number of hydrogen-bond acceptors (Lipinski definition) is 2. The van der Waals surface area contributed by atoms with E-state index in [2.05, 4.69) is 0 Å². The van der Waals surface area contributed by atoms with Gasteiger partial charge in [-0.05, 0) is 31.9 Å². The van der Waals surface area contributed by atoms with Crippen LogP contribution in [0.1, 0.15) is 32.3 Å². The Morgan fingerprint density at radius 2 is 1.80 bits per heavy atom. The maximum Gasteiger partial charge on any atom is 0.334 e. The summed E-state index contributed by atoms with van der Waals surface area (Å²) in [6, 6.07) is 2.86. The highest BCUT2D eigenvalue weighted by atomic mass is 19.1. The van der Waals surface area contributed by atoms with Crippen LogP contribution >= 0.6 is 0 Å². The standard InChI is InChI=1S/C14H15F2NO3/c1-8(18)17(9-6-7-9)14(2,13(19)20)12-10(15)4-3-5-11(12)16/h3-5,9H,6-7H2,1-2H3,(H,19,20). The first-order valence-electron chi connectivity index (χ1n) is 6.28. The van der Waals surface area contributed by atoms with Crippen molar-refractivity contribution < 1.29 is 23.5 Å². The molecule has 0 saturated heterocycles.